The number of phenols is 1. The van der Waals surface area contributed by atoms with Crippen molar-refractivity contribution < 1.29 is 14.3 Å². The van der Waals surface area contributed by atoms with Crippen LogP contribution in [-0.2, 0) is 14.1 Å². The Balaban J connectivity index is 2.30. The van der Waals surface area contributed by atoms with E-state index in [1.54, 1.807) is 6.92 Å². The minimum atomic E-state index is -0.801. The van der Waals surface area contributed by atoms with Crippen molar-refractivity contribution in [3.63, 3.8) is 0 Å². The predicted molar refractivity (Wildman–Crippen MR) is 80.9 cm³/mol. The number of phenolic OH excluding ortho intramolecular Hbond substituents is 1. The molecule has 0 radical (unpaired) electrons. The van der Waals surface area contributed by atoms with Crippen LogP contribution < -0.4 is 16.6 Å². The molecule has 0 aliphatic carbocycles. The van der Waals surface area contributed by atoms with Crippen molar-refractivity contribution >= 4 is 5.91 Å². The third kappa shape index (κ3) is 3.15. The second-order valence-corrected chi connectivity index (χ2v) is 5.17. The molecule has 0 aliphatic heterocycles. The lowest BCUT2D eigenvalue weighted by atomic mass is 10.1. The summed E-state index contributed by atoms with van der Waals surface area (Å²) in [7, 11) is 2.69. The van der Waals surface area contributed by atoms with E-state index in [4.69, 9.17) is 0 Å². The van der Waals surface area contributed by atoms with Gasteiger partial charge in [0, 0.05) is 20.2 Å². The van der Waals surface area contributed by atoms with E-state index in [1.165, 1.54) is 26.2 Å². The van der Waals surface area contributed by atoms with E-state index in [2.05, 4.69) is 5.32 Å². The Bertz CT molecular complexity index is 885. The number of aromatic nitrogens is 2. The largest absolute Gasteiger partial charge is 0.505 e. The first kappa shape index (κ1) is 16.5. The quantitative estimate of drug-likeness (QED) is 0.857. The van der Waals surface area contributed by atoms with Gasteiger partial charge >= 0.3 is 5.69 Å². The van der Waals surface area contributed by atoms with Crippen LogP contribution in [0.15, 0.2) is 33.9 Å². The van der Waals surface area contributed by atoms with Gasteiger partial charge in [-0.3, -0.25) is 18.7 Å². The van der Waals surface area contributed by atoms with Crippen LogP contribution in [0.1, 0.15) is 29.0 Å². The van der Waals surface area contributed by atoms with E-state index in [1.807, 2.05) is 0 Å². The normalized spacial score (nSPS) is 12.0. The van der Waals surface area contributed by atoms with E-state index < -0.39 is 34.8 Å². The zero-order valence-corrected chi connectivity index (χ0v) is 12.8. The second kappa shape index (κ2) is 6.07. The lowest BCUT2D eigenvalue weighted by molar-refractivity contribution is 0.0929. The van der Waals surface area contributed by atoms with Gasteiger partial charge in [0.2, 0.25) is 0 Å². The predicted octanol–water partition coefficient (Wildman–Crippen LogP) is 0.420. The summed E-state index contributed by atoms with van der Waals surface area (Å²) >= 11 is 0. The summed E-state index contributed by atoms with van der Waals surface area (Å²) in [5.74, 6) is -1.92. The van der Waals surface area contributed by atoms with Gasteiger partial charge in [-0.2, -0.15) is 0 Å². The number of amides is 1. The molecule has 8 heteroatoms. The third-order valence-electron chi connectivity index (χ3n) is 3.58. The minimum Gasteiger partial charge on any atom is -0.505 e. The molecule has 0 aliphatic rings. The number of carbonyl (C=O) groups is 1. The molecule has 0 saturated carbocycles. The molecule has 1 amide bonds. The fourth-order valence-electron chi connectivity index (χ4n) is 2.10. The van der Waals surface area contributed by atoms with Crippen LogP contribution in [0.4, 0.5) is 4.39 Å². The highest BCUT2D eigenvalue weighted by Crippen LogP contribution is 2.20. The van der Waals surface area contributed by atoms with Crippen molar-refractivity contribution in [3.8, 4) is 5.75 Å². The molecule has 2 aromatic rings. The summed E-state index contributed by atoms with van der Waals surface area (Å²) in [5.41, 5.74) is -0.876. The average Bonchev–Trinajstić information content (AvgIpc) is 2.51. The van der Waals surface area contributed by atoms with Crippen LogP contribution in [0.2, 0.25) is 0 Å². The molecule has 1 heterocycles. The van der Waals surface area contributed by atoms with E-state index in [9.17, 15) is 23.9 Å². The lowest BCUT2D eigenvalue weighted by Crippen LogP contribution is -2.41. The Morgan fingerprint density at radius 3 is 2.48 bits per heavy atom. The summed E-state index contributed by atoms with van der Waals surface area (Å²) in [6.07, 6.45) is 0. The summed E-state index contributed by atoms with van der Waals surface area (Å²) in [4.78, 5) is 35.7. The first-order valence-corrected chi connectivity index (χ1v) is 6.78. The topological polar surface area (TPSA) is 93.3 Å². The maximum Gasteiger partial charge on any atom is 0.331 e. The standard InChI is InChI=1S/C15H16FN3O4/c1-8(9-4-5-12(20)10(16)6-9)17-14(22)11-7-13(21)19(3)15(23)18(11)2/h4-8,20H,1-3H3,(H,17,22)/t8-/m0/s1. The Morgan fingerprint density at radius 2 is 1.87 bits per heavy atom. The minimum absolute atomic E-state index is 0.0933. The smallest absolute Gasteiger partial charge is 0.331 e. The van der Waals surface area contributed by atoms with E-state index in [0.717, 1.165) is 21.3 Å². The first-order chi connectivity index (χ1) is 10.7. The van der Waals surface area contributed by atoms with Gasteiger partial charge < -0.3 is 10.4 Å². The molecule has 23 heavy (non-hydrogen) atoms. The molecule has 7 nitrogen and oxygen atoms in total. The van der Waals surface area contributed by atoms with Crippen molar-refractivity contribution in [1.82, 2.24) is 14.5 Å². The van der Waals surface area contributed by atoms with Crippen LogP contribution in [-0.4, -0.2) is 20.1 Å². The Hall–Kier alpha value is -2.90. The highest BCUT2D eigenvalue weighted by molar-refractivity contribution is 5.92. The summed E-state index contributed by atoms with van der Waals surface area (Å²) in [6.45, 7) is 1.61. The molecule has 1 aromatic heterocycles. The summed E-state index contributed by atoms with van der Waals surface area (Å²) in [6, 6.07) is 4.22. The van der Waals surface area contributed by atoms with Crippen LogP contribution in [0.25, 0.3) is 0 Å². The van der Waals surface area contributed by atoms with Gasteiger partial charge in [-0.05, 0) is 24.6 Å². The fourth-order valence-corrected chi connectivity index (χ4v) is 2.10. The molecule has 0 fully saturated rings. The molecule has 1 aromatic carbocycles. The zero-order valence-electron chi connectivity index (χ0n) is 12.8. The summed E-state index contributed by atoms with van der Waals surface area (Å²) < 4.78 is 15.3. The zero-order chi connectivity index (χ0) is 17.3. The Morgan fingerprint density at radius 1 is 1.22 bits per heavy atom. The van der Waals surface area contributed by atoms with Gasteiger partial charge in [-0.25, -0.2) is 9.18 Å². The van der Waals surface area contributed by atoms with Gasteiger partial charge in [0.25, 0.3) is 11.5 Å². The van der Waals surface area contributed by atoms with Crippen molar-refractivity contribution in [2.75, 3.05) is 0 Å². The van der Waals surface area contributed by atoms with E-state index in [-0.39, 0.29) is 5.69 Å². The van der Waals surface area contributed by atoms with E-state index in [0.29, 0.717) is 5.56 Å². The molecular weight excluding hydrogens is 305 g/mol. The number of carbonyl (C=O) groups excluding carboxylic acids is 1. The molecule has 0 unspecified atom stereocenters. The monoisotopic (exact) mass is 321 g/mol. The van der Waals surface area contributed by atoms with Gasteiger partial charge in [0.15, 0.2) is 11.6 Å². The highest BCUT2D eigenvalue weighted by atomic mass is 19.1. The Labute approximate surface area is 130 Å². The molecule has 0 spiro atoms. The Kier molecular flexibility index (Phi) is 4.35. The van der Waals surface area contributed by atoms with Gasteiger partial charge in [-0.1, -0.05) is 6.07 Å². The van der Waals surface area contributed by atoms with Gasteiger partial charge in [-0.15, -0.1) is 0 Å². The van der Waals surface area contributed by atoms with Gasteiger partial charge in [0.1, 0.15) is 5.69 Å². The molecular formula is C15H16FN3O4. The van der Waals surface area contributed by atoms with Gasteiger partial charge in [0.05, 0.1) is 6.04 Å². The number of rotatable bonds is 3. The van der Waals surface area contributed by atoms with E-state index >= 15 is 0 Å². The maximum atomic E-state index is 13.4. The lowest BCUT2D eigenvalue weighted by Gasteiger charge is -2.16. The van der Waals surface area contributed by atoms with Crippen LogP contribution in [0.3, 0.4) is 0 Å². The molecule has 2 N–H and O–H groups in total. The molecule has 1 atom stereocenters. The number of hydrogen-bond acceptors (Lipinski definition) is 4. The molecule has 0 bridgehead atoms. The first-order valence-electron chi connectivity index (χ1n) is 6.78. The maximum absolute atomic E-state index is 13.4. The second-order valence-electron chi connectivity index (χ2n) is 5.17. The van der Waals surface area contributed by atoms with Crippen LogP contribution in [0, 0.1) is 5.82 Å². The van der Waals surface area contributed by atoms with Crippen molar-refractivity contribution in [3.05, 3.63) is 62.2 Å². The van der Waals surface area contributed by atoms with Crippen molar-refractivity contribution in [2.45, 2.75) is 13.0 Å². The van der Waals surface area contributed by atoms with Crippen LogP contribution in [0.5, 0.6) is 5.75 Å². The third-order valence-corrected chi connectivity index (χ3v) is 3.58. The summed E-state index contributed by atoms with van der Waals surface area (Å²) in [5, 5.41) is 11.8. The number of hydrogen-bond donors (Lipinski definition) is 2. The SMILES string of the molecule is C[C@H](NC(=O)c1cc(=O)n(C)c(=O)n1C)c1ccc(O)c(F)c1. The fraction of sp³-hybridized carbons (Fsp3) is 0.267. The number of benzene rings is 1. The van der Waals surface area contributed by atoms with Crippen molar-refractivity contribution in [1.29, 1.82) is 0 Å². The highest BCUT2D eigenvalue weighted by Gasteiger charge is 2.17. The van der Waals surface area contributed by atoms with Crippen LogP contribution >= 0.6 is 0 Å². The number of nitrogens with one attached hydrogen (secondary N) is 1. The average molecular weight is 321 g/mol. The van der Waals surface area contributed by atoms with Crippen molar-refractivity contribution in [2.24, 2.45) is 14.1 Å². The molecule has 122 valence electrons. The number of aromatic hydroxyl groups is 1. The number of halogens is 1. The number of nitrogens with zero attached hydrogens (tertiary/aromatic N) is 2. The molecule has 2 rings (SSSR count). The molecule has 0 saturated heterocycles.